The Kier molecular flexibility index (Phi) is 9.39. The summed E-state index contributed by atoms with van der Waals surface area (Å²) in [5, 5.41) is 8.33. The first kappa shape index (κ1) is 28.0. The third-order valence-electron chi connectivity index (χ3n) is 7.62. The number of ether oxygens (including phenoxy) is 1. The minimum Gasteiger partial charge on any atom is -0.379 e. The molecule has 8 heteroatoms. The van der Waals surface area contributed by atoms with E-state index in [-0.39, 0.29) is 30.3 Å². The van der Waals surface area contributed by atoms with Crippen LogP contribution in [-0.4, -0.2) is 62.1 Å². The van der Waals surface area contributed by atoms with Crippen LogP contribution in [0.5, 0.6) is 0 Å². The molecule has 2 N–H and O–H groups in total. The number of nitrogens with zero attached hydrogens (tertiary/aromatic N) is 2. The van der Waals surface area contributed by atoms with E-state index in [0.717, 1.165) is 61.5 Å². The van der Waals surface area contributed by atoms with Crippen molar-refractivity contribution in [1.29, 1.82) is 0 Å². The summed E-state index contributed by atoms with van der Waals surface area (Å²) in [6.07, 6.45) is 1.31. The lowest BCUT2D eigenvalue weighted by molar-refractivity contribution is -0.128. The number of benzene rings is 3. The lowest BCUT2D eigenvalue weighted by atomic mass is 9.98. The Bertz CT molecular complexity index is 1280. The highest BCUT2D eigenvalue weighted by Crippen LogP contribution is 2.31. The molecule has 0 spiro atoms. The average molecular weight is 537 g/mol. The first-order valence-electron chi connectivity index (χ1n) is 13.2. The summed E-state index contributed by atoms with van der Waals surface area (Å²) in [6.45, 7) is 6.56. The minimum absolute atomic E-state index is 0. The standard InChI is InChI=1S/C30H36N4O3.ClH/c1-21(31-2)29(35)32-27-14-13-22-7-3-6-10-28(22)34(30(27)36)20-24-12-11-23(19-33-15-17-37-18-16-33)25-8-4-5-9-26(24)25;/h3-12,21,27,31H,13-20H2,1-2H3,(H,32,35);1H. The molecule has 0 radical (unpaired) electrons. The highest BCUT2D eigenvalue weighted by atomic mass is 35.5. The van der Waals surface area contributed by atoms with Crippen molar-refractivity contribution < 1.29 is 14.3 Å². The highest BCUT2D eigenvalue weighted by Gasteiger charge is 2.32. The summed E-state index contributed by atoms with van der Waals surface area (Å²) in [7, 11) is 1.75. The number of rotatable bonds is 7. The van der Waals surface area contributed by atoms with Crippen LogP contribution in [0.1, 0.15) is 30.0 Å². The van der Waals surface area contributed by atoms with Gasteiger partial charge in [0.25, 0.3) is 0 Å². The van der Waals surface area contributed by atoms with Gasteiger partial charge in [-0.1, -0.05) is 54.6 Å². The number of hydrogen-bond donors (Lipinski definition) is 2. The predicted molar refractivity (Wildman–Crippen MR) is 154 cm³/mol. The molecule has 2 aliphatic heterocycles. The van der Waals surface area contributed by atoms with Gasteiger partial charge < -0.3 is 20.3 Å². The van der Waals surface area contributed by atoms with Gasteiger partial charge in [0.15, 0.2) is 0 Å². The van der Waals surface area contributed by atoms with Crippen LogP contribution in [0, 0.1) is 0 Å². The van der Waals surface area contributed by atoms with Crippen LogP contribution in [0.2, 0.25) is 0 Å². The topological polar surface area (TPSA) is 73.9 Å². The smallest absolute Gasteiger partial charge is 0.249 e. The second-order valence-corrected chi connectivity index (χ2v) is 9.98. The van der Waals surface area contributed by atoms with Gasteiger partial charge >= 0.3 is 0 Å². The first-order valence-corrected chi connectivity index (χ1v) is 13.2. The third kappa shape index (κ3) is 6.02. The number of fused-ring (bicyclic) bond motifs is 2. The zero-order chi connectivity index (χ0) is 25.8. The molecule has 2 heterocycles. The molecule has 2 unspecified atom stereocenters. The number of likely N-dealkylation sites (N-methyl/N-ethyl adjacent to an activating group) is 1. The summed E-state index contributed by atoms with van der Waals surface area (Å²) in [5.74, 6) is -0.229. The minimum atomic E-state index is -0.567. The van der Waals surface area contributed by atoms with Gasteiger partial charge in [0.05, 0.1) is 25.8 Å². The number of para-hydroxylation sites is 1. The number of hydrogen-bond acceptors (Lipinski definition) is 5. The summed E-state index contributed by atoms with van der Waals surface area (Å²) >= 11 is 0. The fraction of sp³-hybridized carbons (Fsp3) is 0.400. The molecule has 1 fully saturated rings. The van der Waals surface area contributed by atoms with Gasteiger partial charge in [0.1, 0.15) is 6.04 Å². The molecule has 2 amide bonds. The fourth-order valence-electron chi connectivity index (χ4n) is 5.31. The number of halogens is 1. The molecule has 0 saturated carbocycles. The molecule has 0 bridgehead atoms. The third-order valence-corrected chi connectivity index (χ3v) is 7.62. The average Bonchev–Trinajstić information content (AvgIpc) is 3.06. The van der Waals surface area contributed by atoms with Crippen molar-refractivity contribution in [2.75, 3.05) is 38.3 Å². The molecule has 3 aromatic rings. The maximum absolute atomic E-state index is 13.9. The van der Waals surface area contributed by atoms with Gasteiger partial charge in [-0.3, -0.25) is 14.5 Å². The molecule has 0 aliphatic carbocycles. The van der Waals surface area contributed by atoms with Crippen molar-refractivity contribution in [1.82, 2.24) is 15.5 Å². The normalized spacial score (nSPS) is 18.8. The van der Waals surface area contributed by atoms with Crippen LogP contribution in [0.4, 0.5) is 5.69 Å². The summed E-state index contributed by atoms with van der Waals surface area (Å²) < 4.78 is 5.52. The zero-order valence-electron chi connectivity index (χ0n) is 22.1. The molecule has 7 nitrogen and oxygen atoms in total. The van der Waals surface area contributed by atoms with Crippen LogP contribution in [-0.2, 0) is 33.8 Å². The Labute approximate surface area is 230 Å². The van der Waals surface area contributed by atoms with E-state index in [1.165, 1.54) is 10.9 Å². The molecule has 38 heavy (non-hydrogen) atoms. The van der Waals surface area contributed by atoms with Crippen LogP contribution in [0.25, 0.3) is 10.8 Å². The van der Waals surface area contributed by atoms with Crippen molar-refractivity contribution >= 4 is 40.7 Å². The van der Waals surface area contributed by atoms with Gasteiger partial charge in [-0.15, -0.1) is 12.4 Å². The van der Waals surface area contributed by atoms with Gasteiger partial charge in [-0.25, -0.2) is 0 Å². The van der Waals surface area contributed by atoms with Crippen molar-refractivity contribution in [2.24, 2.45) is 0 Å². The second-order valence-electron chi connectivity index (χ2n) is 9.98. The Balaban J connectivity index is 0.00000336. The Morgan fingerprint density at radius 1 is 0.974 bits per heavy atom. The van der Waals surface area contributed by atoms with Crippen molar-refractivity contribution in [3.63, 3.8) is 0 Å². The Hall–Kier alpha value is -2.97. The SMILES string of the molecule is CNC(C)C(=O)NC1CCc2ccccc2N(Cc2ccc(CN3CCOCC3)c3ccccc23)C1=O.Cl. The maximum Gasteiger partial charge on any atom is 0.249 e. The summed E-state index contributed by atoms with van der Waals surface area (Å²) in [6, 6.07) is 20.0. The van der Waals surface area contributed by atoms with E-state index in [1.54, 1.807) is 14.0 Å². The molecule has 1 saturated heterocycles. The number of aryl methyl sites for hydroxylation is 1. The summed E-state index contributed by atoms with van der Waals surface area (Å²) in [5.41, 5.74) is 4.44. The molecule has 2 aliphatic rings. The van der Waals surface area contributed by atoms with E-state index in [1.807, 2.05) is 23.1 Å². The van der Waals surface area contributed by atoms with E-state index >= 15 is 0 Å². The molecule has 202 valence electrons. The molecule has 3 aromatic carbocycles. The molecule has 0 aromatic heterocycles. The molecular formula is C30H37ClN4O3. The highest BCUT2D eigenvalue weighted by molar-refractivity contribution is 6.01. The zero-order valence-corrected chi connectivity index (χ0v) is 22.9. The largest absolute Gasteiger partial charge is 0.379 e. The van der Waals surface area contributed by atoms with E-state index in [2.05, 4.69) is 58.0 Å². The summed E-state index contributed by atoms with van der Waals surface area (Å²) in [4.78, 5) is 30.8. The number of amides is 2. The van der Waals surface area contributed by atoms with Crippen LogP contribution in [0.3, 0.4) is 0 Å². The number of anilines is 1. The second kappa shape index (κ2) is 12.7. The lowest BCUT2D eigenvalue weighted by Crippen LogP contribution is -2.52. The van der Waals surface area contributed by atoms with E-state index in [4.69, 9.17) is 4.74 Å². The Morgan fingerprint density at radius 2 is 1.61 bits per heavy atom. The van der Waals surface area contributed by atoms with Gasteiger partial charge in [-0.05, 0) is 60.3 Å². The van der Waals surface area contributed by atoms with Gasteiger partial charge in [0.2, 0.25) is 11.8 Å². The van der Waals surface area contributed by atoms with Crippen molar-refractivity contribution in [3.05, 3.63) is 77.4 Å². The molecule has 2 atom stereocenters. The van der Waals surface area contributed by atoms with E-state index in [0.29, 0.717) is 13.0 Å². The predicted octanol–water partition coefficient (Wildman–Crippen LogP) is 3.67. The number of morpholine rings is 1. The van der Waals surface area contributed by atoms with Gasteiger partial charge in [0, 0.05) is 25.3 Å². The lowest BCUT2D eigenvalue weighted by Gasteiger charge is -2.29. The fourth-order valence-corrected chi connectivity index (χ4v) is 5.31. The molecule has 5 rings (SSSR count). The Morgan fingerprint density at radius 3 is 2.29 bits per heavy atom. The van der Waals surface area contributed by atoms with Gasteiger partial charge in [-0.2, -0.15) is 0 Å². The molecular weight excluding hydrogens is 500 g/mol. The quantitative estimate of drug-likeness (QED) is 0.482. The number of carbonyl (C=O) groups excluding carboxylic acids is 2. The van der Waals surface area contributed by atoms with E-state index in [9.17, 15) is 9.59 Å². The maximum atomic E-state index is 13.9. The van der Waals surface area contributed by atoms with Crippen LogP contribution >= 0.6 is 12.4 Å². The van der Waals surface area contributed by atoms with Crippen LogP contribution < -0.4 is 15.5 Å². The number of carbonyl (C=O) groups is 2. The number of nitrogens with one attached hydrogen (secondary N) is 2. The van der Waals surface area contributed by atoms with Crippen molar-refractivity contribution in [2.45, 2.75) is 44.9 Å². The van der Waals surface area contributed by atoms with Crippen LogP contribution in [0.15, 0.2) is 60.7 Å². The van der Waals surface area contributed by atoms with Crippen molar-refractivity contribution in [3.8, 4) is 0 Å². The monoisotopic (exact) mass is 536 g/mol. The first-order chi connectivity index (χ1) is 18.0. The van der Waals surface area contributed by atoms with E-state index < -0.39 is 6.04 Å².